The zero-order valence-electron chi connectivity index (χ0n) is 8.54. The number of rotatable bonds is 4. The molecule has 0 N–H and O–H groups in total. The van der Waals surface area contributed by atoms with E-state index in [0.717, 1.165) is 0 Å². The zero-order chi connectivity index (χ0) is 11.4. The van der Waals surface area contributed by atoms with Crippen molar-refractivity contribution in [1.29, 1.82) is 0 Å². The normalized spacial score (nSPS) is 9.80. The maximum Gasteiger partial charge on any atom is 0.160 e. The third-order valence-corrected chi connectivity index (χ3v) is 2.56. The molecule has 0 spiro atoms. The first-order chi connectivity index (χ1) is 7.11. The molecule has 0 atom stereocenters. The molecule has 0 radical (unpaired) electrons. The molecule has 3 nitrogen and oxygen atoms in total. The molecule has 0 saturated carbocycles. The second kappa shape index (κ2) is 5.07. The molecule has 1 rings (SSSR count). The number of hydrogen-bond donors (Lipinski definition) is 0. The molecular weight excluding hydrogens is 260 g/mol. The van der Waals surface area contributed by atoms with Crippen LogP contribution in [-0.4, -0.2) is 18.7 Å². The second-order valence-electron chi connectivity index (χ2n) is 2.94. The lowest BCUT2D eigenvalue weighted by molar-refractivity contribution is 0.100. The van der Waals surface area contributed by atoms with Crippen LogP contribution in [0.1, 0.15) is 34.6 Å². The summed E-state index contributed by atoms with van der Waals surface area (Å²) in [5.41, 5.74) is 0.690. The van der Waals surface area contributed by atoms with E-state index in [1.54, 1.807) is 12.1 Å². The lowest BCUT2D eigenvalue weighted by Crippen LogP contribution is -2.04. The van der Waals surface area contributed by atoms with Gasteiger partial charge in [0.05, 0.1) is 16.6 Å². The van der Waals surface area contributed by atoms with Crippen LogP contribution in [0.3, 0.4) is 0 Å². The number of ketones is 1. The fourth-order valence-electron chi connectivity index (χ4n) is 1.29. The molecule has 0 amide bonds. The molecule has 80 valence electrons. The third kappa shape index (κ3) is 2.45. The Hall–Kier alpha value is -1.16. The summed E-state index contributed by atoms with van der Waals surface area (Å²) in [5, 5.41) is 0. The molecular formula is C11H11BrO3. The van der Waals surface area contributed by atoms with E-state index >= 15 is 0 Å². The summed E-state index contributed by atoms with van der Waals surface area (Å²) in [5.74, 6) is 0.283. The fraction of sp³-hybridized carbons (Fsp3) is 0.273. The van der Waals surface area contributed by atoms with Crippen LogP contribution >= 0.6 is 15.9 Å². The highest BCUT2D eigenvalue weighted by molar-refractivity contribution is 9.10. The lowest BCUT2D eigenvalue weighted by atomic mass is 10.0. The Kier molecular flexibility index (Phi) is 4.03. The Morgan fingerprint density at radius 3 is 2.67 bits per heavy atom. The van der Waals surface area contributed by atoms with Gasteiger partial charge in [-0.2, -0.15) is 0 Å². The highest BCUT2D eigenvalue weighted by Gasteiger charge is 2.15. The number of benzene rings is 1. The molecule has 0 fully saturated rings. The van der Waals surface area contributed by atoms with Gasteiger partial charge in [-0.1, -0.05) is 0 Å². The Labute approximate surface area is 96.6 Å². The van der Waals surface area contributed by atoms with Crippen LogP contribution < -0.4 is 4.74 Å². The molecule has 4 heteroatoms. The van der Waals surface area contributed by atoms with Gasteiger partial charge in [0, 0.05) is 5.56 Å². The standard InChI is InChI=1S/C11H11BrO3/c1-3-15-11-9(6-13)8(7(2)14)4-5-10(11)12/h4-6H,3H2,1-2H3. The summed E-state index contributed by atoms with van der Waals surface area (Å²) in [4.78, 5) is 22.2. The van der Waals surface area contributed by atoms with Gasteiger partial charge in [0.1, 0.15) is 5.75 Å². The van der Waals surface area contributed by atoms with Gasteiger partial charge in [-0.25, -0.2) is 0 Å². The van der Waals surface area contributed by atoms with Gasteiger partial charge in [0.25, 0.3) is 0 Å². The summed E-state index contributed by atoms with van der Waals surface area (Å²) in [6.45, 7) is 3.69. The lowest BCUT2D eigenvalue weighted by Gasteiger charge is -2.10. The van der Waals surface area contributed by atoms with E-state index in [9.17, 15) is 9.59 Å². The van der Waals surface area contributed by atoms with Crippen LogP contribution in [0.4, 0.5) is 0 Å². The number of carbonyl (C=O) groups excluding carboxylic acids is 2. The van der Waals surface area contributed by atoms with E-state index in [0.29, 0.717) is 34.2 Å². The first-order valence-corrected chi connectivity index (χ1v) is 5.32. The predicted octanol–water partition coefficient (Wildman–Crippen LogP) is 2.86. The zero-order valence-corrected chi connectivity index (χ0v) is 10.1. The number of aldehydes is 1. The summed E-state index contributed by atoms with van der Waals surface area (Å²) < 4.78 is 6.00. The van der Waals surface area contributed by atoms with E-state index in [1.807, 2.05) is 6.92 Å². The molecule has 0 aliphatic rings. The molecule has 15 heavy (non-hydrogen) atoms. The van der Waals surface area contributed by atoms with Gasteiger partial charge in [0.2, 0.25) is 0 Å². The molecule has 0 heterocycles. The quantitative estimate of drug-likeness (QED) is 0.624. The Bertz CT molecular complexity index is 399. The number of carbonyl (C=O) groups is 2. The van der Waals surface area contributed by atoms with Crippen LogP contribution in [0.25, 0.3) is 0 Å². The van der Waals surface area contributed by atoms with Gasteiger partial charge >= 0.3 is 0 Å². The van der Waals surface area contributed by atoms with E-state index in [-0.39, 0.29) is 5.78 Å². The maximum absolute atomic E-state index is 11.3. The minimum Gasteiger partial charge on any atom is -0.492 e. The SMILES string of the molecule is CCOc1c(Br)ccc(C(C)=O)c1C=O. The molecule has 0 bridgehead atoms. The predicted molar refractivity (Wildman–Crippen MR) is 60.7 cm³/mol. The van der Waals surface area contributed by atoms with E-state index in [4.69, 9.17) is 4.74 Å². The van der Waals surface area contributed by atoms with Gasteiger partial charge in [-0.05, 0) is 41.9 Å². The topological polar surface area (TPSA) is 43.4 Å². The summed E-state index contributed by atoms with van der Waals surface area (Å²) in [6, 6.07) is 3.31. The minimum absolute atomic E-state index is 0.148. The van der Waals surface area contributed by atoms with E-state index in [1.165, 1.54) is 6.92 Å². The summed E-state index contributed by atoms with van der Waals surface area (Å²) in [7, 11) is 0. The van der Waals surface area contributed by atoms with Crippen molar-refractivity contribution in [3.05, 3.63) is 27.7 Å². The Morgan fingerprint density at radius 1 is 1.53 bits per heavy atom. The van der Waals surface area contributed by atoms with Crippen molar-refractivity contribution < 1.29 is 14.3 Å². The minimum atomic E-state index is -0.148. The molecule has 0 saturated heterocycles. The number of halogens is 1. The molecule has 1 aromatic carbocycles. The summed E-state index contributed by atoms with van der Waals surface area (Å²) >= 11 is 3.28. The molecule has 0 unspecified atom stereocenters. The first kappa shape index (κ1) is 11.9. The average Bonchev–Trinajstić information content (AvgIpc) is 2.20. The first-order valence-electron chi connectivity index (χ1n) is 4.53. The molecule has 0 aromatic heterocycles. The molecule has 0 aliphatic heterocycles. The Morgan fingerprint density at radius 2 is 2.20 bits per heavy atom. The smallest absolute Gasteiger partial charge is 0.160 e. The van der Waals surface area contributed by atoms with Gasteiger partial charge in [-0.3, -0.25) is 9.59 Å². The van der Waals surface area contributed by atoms with Crippen LogP contribution in [0.5, 0.6) is 5.75 Å². The number of ether oxygens (including phenoxy) is 1. The molecule has 1 aromatic rings. The van der Waals surface area contributed by atoms with Gasteiger partial charge in [-0.15, -0.1) is 0 Å². The van der Waals surface area contributed by atoms with Crippen LogP contribution in [0.2, 0.25) is 0 Å². The van der Waals surface area contributed by atoms with E-state index in [2.05, 4.69) is 15.9 Å². The van der Waals surface area contributed by atoms with Crippen molar-refractivity contribution in [2.45, 2.75) is 13.8 Å². The van der Waals surface area contributed by atoms with Crippen LogP contribution in [-0.2, 0) is 0 Å². The van der Waals surface area contributed by atoms with Crippen molar-refractivity contribution in [3.63, 3.8) is 0 Å². The third-order valence-electron chi connectivity index (χ3n) is 1.93. The molecule has 0 aliphatic carbocycles. The van der Waals surface area contributed by atoms with Crippen molar-refractivity contribution in [2.75, 3.05) is 6.61 Å². The van der Waals surface area contributed by atoms with E-state index < -0.39 is 0 Å². The Balaban J connectivity index is 3.39. The monoisotopic (exact) mass is 270 g/mol. The van der Waals surface area contributed by atoms with Gasteiger partial charge in [0.15, 0.2) is 12.1 Å². The van der Waals surface area contributed by atoms with Crippen molar-refractivity contribution in [1.82, 2.24) is 0 Å². The second-order valence-corrected chi connectivity index (χ2v) is 3.80. The highest BCUT2D eigenvalue weighted by Crippen LogP contribution is 2.30. The number of hydrogen-bond acceptors (Lipinski definition) is 3. The highest BCUT2D eigenvalue weighted by atomic mass is 79.9. The number of Topliss-reactive ketones (excluding diaryl/α,β-unsaturated/α-hetero) is 1. The van der Waals surface area contributed by atoms with Gasteiger partial charge < -0.3 is 4.74 Å². The average molecular weight is 271 g/mol. The summed E-state index contributed by atoms with van der Waals surface area (Å²) in [6.07, 6.45) is 0.645. The van der Waals surface area contributed by atoms with Crippen LogP contribution in [0.15, 0.2) is 16.6 Å². The maximum atomic E-state index is 11.3. The van der Waals surface area contributed by atoms with Crippen molar-refractivity contribution in [2.24, 2.45) is 0 Å². The largest absolute Gasteiger partial charge is 0.492 e. The fourth-order valence-corrected chi connectivity index (χ4v) is 1.75. The van der Waals surface area contributed by atoms with Crippen molar-refractivity contribution >= 4 is 28.0 Å². The van der Waals surface area contributed by atoms with Crippen molar-refractivity contribution in [3.8, 4) is 5.75 Å². The van der Waals surface area contributed by atoms with Crippen LogP contribution in [0, 0.1) is 0 Å².